The maximum absolute atomic E-state index is 11.7. The maximum Gasteiger partial charge on any atom is 0.314 e. The Morgan fingerprint density at radius 1 is 1.24 bits per heavy atom. The molecule has 0 radical (unpaired) electrons. The second-order valence-corrected chi connectivity index (χ2v) is 7.29. The summed E-state index contributed by atoms with van der Waals surface area (Å²) >= 11 is 1.79. The fraction of sp³-hybridized carbons (Fsp3) is 0.733. The summed E-state index contributed by atoms with van der Waals surface area (Å²) in [6.07, 6.45) is 8.22. The molecule has 0 aliphatic heterocycles. The van der Waals surface area contributed by atoms with E-state index in [2.05, 4.69) is 15.6 Å². The Morgan fingerprint density at radius 2 is 2.05 bits per heavy atom. The summed E-state index contributed by atoms with van der Waals surface area (Å²) in [6.45, 7) is 0.945. The number of aliphatic hydroxyl groups is 1. The number of carbonyl (C=O) groups excluding carboxylic acids is 1. The van der Waals surface area contributed by atoms with Crippen LogP contribution in [-0.4, -0.2) is 34.8 Å². The van der Waals surface area contributed by atoms with E-state index in [9.17, 15) is 9.90 Å². The maximum atomic E-state index is 11.7. The van der Waals surface area contributed by atoms with Gasteiger partial charge in [0.2, 0.25) is 0 Å². The average molecular weight is 309 g/mol. The number of carbonyl (C=O) groups is 1. The van der Waals surface area contributed by atoms with Crippen molar-refractivity contribution in [2.75, 3.05) is 13.1 Å². The molecule has 3 rings (SSSR count). The Kier molecular flexibility index (Phi) is 4.45. The molecule has 116 valence electrons. The van der Waals surface area contributed by atoms with E-state index in [0.717, 1.165) is 37.1 Å². The fourth-order valence-corrected chi connectivity index (χ4v) is 4.02. The summed E-state index contributed by atoms with van der Waals surface area (Å²) in [6, 6.07) is -0.198. The third-order valence-electron chi connectivity index (χ3n) is 4.38. The summed E-state index contributed by atoms with van der Waals surface area (Å²) in [5, 5.41) is 16.6. The van der Waals surface area contributed by atoms with E-state index in [4.69, 9.17) is 0 Å². The van der Waals surface area contributed by atoms with Crippen LogP contribution in [0, 0.1) is 0 Å². The molecule has 6 heteroatoms. The Hall–Kier alpha value is -1.14. The summed E-state index contributed by atoms with van der Waals surface area (Å²) in [5.74, 6) is 0. The highest BCUT2D eigenvalue weighted by Gasteiger charge is 2.34. The van der Waals surface area contributed by atoms with Gasteiger partial charge >= 0.3 is 6.03 Å². The van der Waals surface area contributed by atoms with Crippen molar-refractivity contribution in [3.63, 3.8) is 0 Å². The zero-order valence-corrected chi connectivity index (χ0v) is 13.1. The van der Waals surface area contributed by atoms with E-state index in [0.29, 0.717) is 13.1 Å². The van der Waals surface area contributed by atoms with Crippen molar-refractivity contribution in [2.24, 2.45) is 0 Å². The predicted molar refractivity (Wildman–Crippen MR) is 82.7 cm³/mol. The Morgan fingerprint density at radius 3 is 2.76 bits per heavy atom. The minimum absolute atomic E-state index is 0.198. The van der Waals surface area contributed by atoms with E-state index in [1.54, 1.807) is 11.3 Å². The van der Waals surface area contributed by atoms with Crippen LogP contribution in [0.25, 0.3) is 0 Å². The van der Waals surface area contributed by atoms with Crippen molar-refractivity contribution in [3.8, 4) is 0 Å². The molecule has 3 N–H and O–H groups in total. The third-order valence-corrected chi connectivity index (χ3v) is 5.59. The van der Waals surface area contributed by atoms with Gasteiger partial charge in [0.05, 0.1) is 16.3 Å². The minimum Gasteiger partial charge on any atom is -0.388 e. The molecule has 1 aromatic rings. The minimum atomic E-state index is -0.661. The number of thiazole rings is 1. The number of urea groups is 1. The van der Waals surface area contributed by atoms with Crippen molar-refractivity contribution in [1.82, 2.24) is 15.6 Å². The molecule has 21 heavy (non-hydrogen) atoms. The normalized spacial score (nSPS) is 19.5. The lowest BCUT2D eigenvalue weighted by Crippen LogP contribution is -2.50. The lowest BCUT2D eigenvalue weighted by Gasteiger charge is -2.36. The van der Waals surface area contributed by atoms with Crippen LogP contribution < -0.4 is 10.6 Å². The summed E-state index contributed by atoms with van der Waals surface area (Å²) in [4.78, 5) is 17.8. The Balaban J connectivity index is 1.37. The molecule has 1 fully saturated rings. The highest BCUT2D eigenvalue weighted by Crippen LogP contribution is 2.30. The van der Waals surface area contributed by atoms with Crippen molar-refractivity contribution < 1.29 is 9.90 Å². The zero-order valence-electron chi connectivity index (χ0n) is 12.3. The molecule has 0 atom stereocenters. The lowest BCUT2D eigenvalue weighted by atomic mass is 9.80. The summed E-state index contributed by atoms with van der Waals surface area (Å²) < 4.78 is 0. The van der Waals surface area contributed by atoms with Gasteiger partial charge < -0.3 is 15.7 Å². The van der Waals surface area contributed by atoms with Crippen molar-refractivity contribution in [1.29, 1.82) is 0 Å². The predicted octanol–water partition coefficient (Wildman–Crippen LogP) is 1.78. The first-order chi connectivity index (χ1) is 10.1. The second-order valence-electron chi connectivity index (χ2n) is 6.12. The zero-order chi connectivity index (χ0) is 14.7. The number of fused-ring (bicyclic) bond motifs is 1. The van der Waals surface area contributed by atoms with Crippen LogP contribution in [0.5, 0.6) is 0 Å². The van der Waals surface area contributed by atoms with Crippen LogP contribution in [0.4, 0.5) is 4.79 Å². The van der Waals surface area contributed by atoms with Gasteiger partial charge in [-0.25, -0.2) is 9.78 Å². The number of aryl methyl sites for hydroxylation is 2. The number of hydrogen-bond donors (Lipinski definition) is 3. The third kappa shape index (κ3) is 3.74. The number of nitrogens with zero attached hydrogens (tertiary/aromatic N) is 1. The van der Waals surface area contributed by atoms with Crippen LogP contribution in [0.2, 0.25) is 0 Å². The summed E-state index contributed by atoms with van der Waals surface area (Å²) in [5.41, 5.74) is 0.615. The van der Waals surface area contributed by atoms with Crippen LogP contribution in [0.1, 0.15) is 47.7 Å². The van der Waals surface area contributed by atoms with E-state index < -0.39 is 5.60 Å². The first kappa shape index (κ1) is 14.8. The Labute approximate surface area is 129 Å². The van der Waals surface area contributed by atoms with Gasteiger partial charge in [-0.15, -0.1) is 11.3 Å². The fourth-order valence-electron chi connectivity index (χ4n) is 2.86. The highest BCUT2D eigenvalue weighted by molar-refractivity contribution is 7.11. The number of hydrogen-bond acceptors (Lipinski definition) is 4. The van der Waals surface area contributed by atoms with Gasteiger partial charge in [0.1, 0.15) is 0 Å². The van der Waals surface area contributed by atoms with E-state index in [-0.39, 0.29) is 6.03 Å². The van der Waals surface area contributed by atoms with E-state index >= 15 is 0 Å². The van der Waals surface area contributed by atoms with E-state index in [1.165, 1.54) is 29.8 Å². The number of nitrogens with one attached hydrogen (secondary N) is 2. The van der Waals surface area contributed by atoms with Gasteiger partial charge in [0, 0.05) is 24.4 Å². The van der Waals surface area contributed by atoms with Crippen LogP contribution in [0.15, 0.2) is 0 Å². The molecule has 2 amide bonds. The van der Waals surface area contributed by atoms with Gasteiger partial charge in [-0.05, 0) is 44.9 Å². The van der Waals surface area contributed by atoms with Gasteiger partial charge in [0.15, 0.2) is 0 Å². The van der Waals surface area contributed by atoms with Crippen LogP contribution in [-0.2, 0) is 19.3 Å². The Bertz CT molecular complexity index is 488. The largest absolute Gasteiger partial charge is 0.388 e. The first-order valence-electron chi connectivity index (χ1n) is 7.86. The molecule has 5 nitrogen and oxygen atoms in total. The quantitative estimate of drug-likeness (QED) is 0.776. The summed E-state index contributed by atoms with van der Waals surface area (Å²) in [7, 11) is 0. The molecule has 0 saturated heterocycles. The van der Waals surface area contributed by atoms with Crippen LogP contribution in [0.3, 0.4) is 0 Å². The van der Waals surface area contributed by atoms with Crippen molar-refractivity contribution in [3.05, 3.63) is 15.6 Å². The van der Waals surface area contributed by atoms with Gasteiger partial charge in [0.25, 0.3) is 0 Å². The standard InChI is InChI=1S/C15H23N3O2S/c19-14(17-10-15(20)7-3-8-15)16-9-6-13-18-11-4-1-2-5-12(11)21-13/h20H,1-10H2,(H2,16,17,19). The monoisotopic (exact) mass is 309 g/mol. The molecule has 1 aromatic heterocycles. The van der Waals surface area contributed by atoms with Crippen molar-refractivity contribution >= 4 is 17.4 Å². The van der Waals surface area contributed by atoms with Crippen LogP contribution >= 0.6 is 11.3 Å². The van der Waals surface area contributed by atoms with Gasteiger partial charge in [-0.3, -0.25) is 0 Å². The molecule has 1 saturated carbocycles. The number of rotatable bonds is 5. The topological polar surface area (TPSA) is 74.2 Å². The molecule has 1 heterocycles. The number of amides is 2. The molecule has 0 bridgehead atoms. The van der Waals surface area contributed by atoms with Gasteiger partial charge in [-0.1, -0.05) is 0 Å². The lowest BCUT2D eigenvalue weighted by molar-refractivity contribution is -0.0290. The van der Waals surface area contributed by atoms with Crippen molar-refractivity contribution in [2.45, 2.75) is 57.0 Å². The molecule has 0 spiro atoms. The molecular formula is C15H23N3O2S. The molecule has 0 aromatic carbocycles. The average Bonchev–Trinajstić information content (AvgIpc) is 2.85. The molecule has 2 aliphatic carbocycles. The smallest absolute Gasteiger partial charge is 0.314 e. The molecular weight excluding hydrogens is 286 g/mol. The van der Waals surface area contributed by atoms with E-state index in [1.807, 2.05) is 0 Å². The molecule has 2 aliphatic rings. The number of aromatic nitrogens is 1. The molecule has 0 unspecified atom stereocenters. The first-order valence-corrected chi connectivity index (χ1v) is 8.68. The van der Waals surface area contributed by atoms with Gasteiger partial charge in [-0.2, -0.15) is 0 Å². The second kappa shape index (κ2) is 6.32. The SMILES string of the molecule is O=C(NCCc1nc2c(s1)CCCC2)NCC1(O)CCC1. The highest BCUT2D eigenvalue weighted by atomic mass is 32.1.